The fraction of sp³-hybridized carbons (Fsp3) is 0.353. The van der Waals surface area contributed by atoms with Crippen molar-refractivity contribution in [3.05, 3.63) is 54.4 Å². The summed E-state index contributed by atoms with van der Waals surface area (Å²) in [5, 5.41) is 2.84. The van der Waals surface area contributed by atoms with E-state index < -0.39 is 0 Å². The van der Waals surface area contributed by atoms with Crippen molar-refractivity contribution in [1.29, 1.82) is 0 Å². The molecule has 0 unspecified atom stereocenters. The molecular formula is C17H21N5O2. The Morgan fingerprint density at radius 2 is 1.88 bits per heavy atom. The molecule has 0 aliphatic heterocycles. The van der Waals surface area contributed by atoms with Crippen molar-refractivity contribution in [2.45, 2.75) is 32.9 Å². The lowest BCUT2D eigenvalue weighted by Gasteiger charge is -2.26. The molecule has 2 aromatic rings. The maximum absolute atomic E-state index is 12.5. The van der Waals surface area contributed by atoms with Gasteiger partial charge in [0.15, 0.2) is 0 Å². The fourth-order valence-corrected chi connectivity index (χ4v) is 2.16. The molecule has 0 saturated carbocycles. The van der Waals surface area contributed by atoms with Crippen molar-refractivity contribution in [3.8, 4) is 0 Å². The number of hydrogen-bond acceptors (Lipinski definition) is 5. The average Bonchev–Trinajstić information content (AvgIpc) is 2.61. The van der Waals surface area contributed by atoms with Gasteiger partial charge in [0.25, 0.3) is 5.91 Å². The maximum Gasteiger partial charge on any atom is 0.274 e. The van der Waals surface area contributed by atoms with E-state index in [2.05, 4.69) is 20.3 Å². The first-order valence-electron chi connectivity index (χ1n) is 7.80. The molecular weight excluding hydrogens is 306 g/mol. The van der Waals surface area contributed by atoms with Gasteiger partial charge in [-0.25, -0.2) is 4.98 Å². The van der Waals surface area contributed by atoms with E-state index in [0.717, 1.165) is 5.56 Å². The number of nitrogens with zero attached hydrogens (tertiary/aromatic N) is 4. The standard InChI is InChI=1S/C17H21N5O2/c1-13(2)22(17(24)15-12-19-8-9-20-15)10-5-16(23)21-11-14-3-6-18-7-4-14/h3-4,6-9,12-13H,5,10-11H2,1-2H3,(H,21,23). The molecule has 2 heterocycles. The Hall–Kier alpha value is -2.83. The van der Waals surface area contributed by atoms with E-state index in [1.807, 2.05) is 26.0 Å². The molecule has 0 atom stereocenters. The van der Waals surface area contributed by atoms with Gasteiger partial charge in [-0.2, -0.15) is 0 Å². The highest BCUT2D eigenvalue weighted by Gasteiger charge is 2.20. The van der Waals surface area contributed by atoms with E-state index in [1.54, 1.807) is 17.3 Å². The van der Waals surface area contributed by atoms with Crippen LogP contribution in [0.25, 0.3) is 0 Å². The van der Waals surface area contributed by atoms with Crippen LogP contribution in [0.15, 0.2) is 43.1 Å². The molecule has 24 heavy (non-hydrogen) atoms. The first kappa shape index (κ1) is 17.5. The highest BCUT2D eigenvalue weighted by atomic mass is 16.2. The van der Waals surface area contributed by atoms with Crippen LogP contribution >= 0.6 is 0 Å². The zero-order valence-corrected chi connectivity index (χ0v) is 13.8. The smallest absolute Gasteiger partial charge is 0.274 e. The number of nitrogens with one attached hydrogen (secondary N) is 1. The van der Waals surface area contributed by atoms with E-state index in [9.17, 15) is 9.59 Å². The molecule has 7 nitrogen and oxygen atoms in total. The third-order valence-corrected chi connectivity index (χ3v) is 3.49. The molecule has 0 fully saturated rings. The van der Waals surface area contributed by atoms with Crippen LogP contribution in [0, 0.1) is 0 Å². The third kappa shape index (κ3) is 5.12. The lowest BCUT2D eigenvalue weighted by molar-refractivity contribution is -0.121. The average molecular weight is 327 g/mol. The van der Waals surface area contributed by atoms with Crippen molar-refractivity contribution < 1.29 is 9.59 Å². The Labute approximate surface area is 141 Å². The minimum Gasteiger partial charge on any atom is -0.352 e. The lowest BCUT2D eigenvalue weighted by atomic mass is 10.2. The largest absolute Gasteiger partial charge is 0.352 e. The van der Waals surface area contributed by atoms with Crippen LogP contribution in [0.3, 0.4) is 0 Å². The normalized spacial score (nSPS) is 10.5. The summed E-state index contributed by atoms with van der Waals surface area (Å²) in [6.07, 6.45) is 8.02. The third-order valence-electron chi connectivity index (χ3n) is 3.49. The molecule has 126 valence electrons. The van der Waals surface area contributed by atoms with Crippen LogP contribution in [0.2, 0.25) is 0 Å². The van der Waals surface area contributed by atoms with Crippen molar-refractivity contribution in [3.63, 3.8) is 0 Å². The Bertz CT molecular complexity index is 661. The summed E-state index contributed by atoms with van der Waals surface area (Å²) in [4.78, 5) is 38.0. The Morgan fingerprint density at radius 1 is 1.12 bits per heavy atom. The van der Waals surface area contributed by atoms with Gasteiger partial charge in [-0.15, -0.1) is 0 Å². The van der Waals surface area contributed by atoms with Crippen LogP contribution in [-0.4, -0.2) is 44.3 Å². The number of rotatable bonds is 7. The summed E-state index contributed by atoms with van der Waals surface area (Å²) in [7, 11) is 0. The zero-order valence-electron chi connectivity index (χ0n) is 13.8. The van der Waals surface area contributed by atoms with E-state index in [4.69, 9.17) is 0 Å². The van der Waals surface area contributed by atoms with Crippen LogP contribution < -0.4 is 5.32 Å². The van der Waals surface area contributed by atoms with E-state index in [-0.39, 0.29) is 30.0 Å². The summed E-state index contributed by atoms with van der Waals surface area (Å²) >= 11 is 0. The fourth-order valence-electron chi connectivity index (χ4n) is 2.16. The molecule has 7 heteroatoms. The monoisotopic (exact) mass is 327 g/mol. The molecule has 0 radical (unpaired) electrons. The van der Waals surface area contributed by atoms with Gasteiger partial charge < -0.3 is 10.2 Å². The molecule has 0 aliphatic rings. The highest BCUT2D eigenvalue weighted by molar-refractivity contribution is 5.92. The number of aromatic nitrogens is 3. The Morgan fingerprint density at radius 3 is 2.50 bits per heavy atom. The predicted octanol–water partition coefficient (Wildman–Crippen LogP) is 1.43. The number of pyridine rings is 1. The van der Waals surface area contributed by atoms with Gasteiger partial charge in [0.2, 0.25) is 5.91 Å². The van der Waals surface area contributed by atoms with E-state index in [1.165, 1.54) is 18.6 Å². The second-order valence-electron chi connectivity index (χ2n) is 5.57. The molecule has 2 rings (SSSR count). The molecule has 0 aliphatic carbocycles. The van der Waals surface area contributed by atoms with Crippen LogP contribution in [-0.2, 0) is 11.3 Å². The number of carbonyl (C=O) groups is 2. The quantitative estimate of drug-likeness (QED) is 0.831. The van der Waals surface area contributed by atoms with Crippen LogP contribution in [0.5, 0.6) is 0 Å². The van der Waals surface area contributed by atoms with Crippen LogP contribution in [0.1, 0.15) is 36.3 Å². The van der Waals surface area contributed by atoms with Gasteiger partial charge in [-0.3, -0.25) is 19.6 Å². The predicted molar refractivity (Wildman–Crippen MR) is 88.9 cm³/mol. The van der Waals surface area contributed by atoms with Gasteiger partial charge in [0.05, 0.1) is 6.20 Å². The zero-order chi connectivity index (χ0) is 17.4. The van der Waals surface area contributed by atoms with Gasteiger partial charge in [-0.1, -0.05) is 0 Å². The Balaban J connectivity index is 1.87. The van der Waals surface area contributed by atoms with Crippen LogP contribution in [0.4, 0.5) is 0 Å². The van der Waals surface area contributed by atoms with Crippen molar-refractivity contribution in [1.82, 2.24) is 25.2 Å². The SMILES string of the molecule is CC(C)N(CCC(=O)NCc1ccncc1)C(=O)c1cnccn1. The molecule has 0 aromatic carbocycles. The summed E-state index contributed by atoms with van der Waals surface area (Å²) in [5.74, 6) is -0.329. The van der Waals surface area contributed by atoms with Crippen molar-refractivity contribution in [2.24, 2.45) is 0 Å². The second-order valence-corrected chi connectivity index (χ2v) is 5.57. The Kier molecular flexibility index (Phi) is 6.36. The topological polar surface area (TPSA) is 88.1 Å². The minimum atomic E-state index is -0.222. The number of amides is 2. The van der Waals surface area contributed by atoms with Gasteiger partial charge in [-0.05, 0) is 31.5 Å². The summed E-state index contributed by atoms with van der Waals surface area (Å²) < 4.78 is 0. The number of carbonyl (C=O) groups excluding carboxylic acids is 2. The summed E-state index contributed by atoms with van der Waals surface area (Å²) in [6, 6.07) is 3.66. The van der Waals surface area contributed by atoms with Gasteiger partial charge in [0.1, 0.15) is 5.69 Å². The summed E-state index contributed by atoms with van der Waals surface area (Å²) in [6.45, 7) is 4.59. The molecule has 0 saturated heterocycles. The molecule has 2 aromatic heterocycles. The number of hydrogen-bond donors (Lipinski definition) is 1. The van der Waals surface area contributed by atoms with E-state index in [0.29, 0.717) is 13.1 Å². The van der Waals surface area contributed by atoms with E-state index >= 15 is 0 Å². The second kappa shape index (κ2) is 8.71. The molecule has 2 amide bonds. The highest BCUT2D eigenvalue weighted by Crippen LogP contribution is 2.06. The van der Waals surface area contributed by atoms with Crippen molar-refractivity contribution >= 4 is 11.8 Å². The molecule has 1 N–H and O–H groups in total. The molecule has 0 bridgehead atoms. The van der Waals surface area contributed by atoms with Crippen molar-refractivity contribution in [2.75, 3.05) is 6.54 Å². The van der Waals surface area contributed by atoms with Gasteiger partial charge in [0, 0.05) is 50.3 Å². The molecule has 0 spiro atoms. The lowest BCUT2D eigenvalue weighted by Crippen LogP contribution is -2.40. The minimum absolute atomic E-state index is 0.0347. The summed E-state index contributed by atoms with van der Waals surface area (Å²) in [5.41, 5.74) is 1.26. The van der Waals surface area contributed by atoms with Gasteiger partial charge >= 0.3 is 0 Å². The first-order chi connectivity index (χ1) is 11.6. The maximum atomic E-state index is 12.5. The first-order valence-corrected chi connectivity index (χ1v) is 7.80.